The maximum atomic E-state index is 11.9. The topological polar surface area (TPSA) is 29.1 Å². The molecule has 1 aromatic carbocycles. The minimum atomic E-state index is 0.199. The fraction of sp³-hybridized carbons (Fsp3) is 0.471. The highest BCUT2D eigenvalue weighted by atomic mass is 16.1. The summed E-state index contributed by atoms with van der Waals surface area (Å²) in [5.74, 6) is 1.02. The Labute approximate surface area is 115 Å². The van der Waals surface area contributed by atoms with Gasteiger partial charge < -0.3 is 5.32 Å². The average molecular weight is 257 g/mol. The third kappa shape index (κ3) is 3.06. The van der Waals surface area contributed by atoms with Gasteiger partial charge >= 0.3 is 0 Å². The number of nitrogens with one attached hydrogen (secondary N) is 1. The lowest BCUT2D eigenvalue weighted by Crippen LogP contribution is -2.40. The van der Waals surface area contributed by atoms with E-state index in [0.29, 0.717) is 18.1 Å². The van der Waals surface area contributed by atoms with Crippen LogP contribution in [0.5, 0.6) is 0 Å². The normalized spacial score (nSPS) is 27.1. The van der Waals surface area contributed by atoms with Crippen molar-refractivity contribution >= 4 is 11.5 Å². The first-order valence-corrected chi connectivity index (χ1v) is 7.03. The average Bonchev–Trinajstić information content (AvgIpc) is 2.36. The van der Waals surface area contributed by atoms with E-state index in [4.69, 9.17) is 0 Å². The Morgan fingerprint density at radius 2 is 2.00 bits per heavy atom. The first-order chi connectivity index (χ1) is 8.99. The van der Waals surface area contributed by atoms with Crippen molar-refractivity contribution in [2.45, 2.75) is 39.7 Å². The van der Waals surface area contributed by atoms with E-state index >= 15 is 0 Å². The largest absolute Gasteiger partial charge is 0.382 e. The molecule has 3 unspecified atom stereocenters. The molecule has 0 aromatic heterocycles. The molecule has 1 aliphatic rings. The van der Waals surface area contributed by atoms with E-state index < -0.39 is 0 Å². The molecule has 0 aliphatic heterocycles. The van der Waals surface area contributed by atoms with Gasteiger partial charge in [0.1, 0.15) is 5.78 Å². The molecule has 0 saturated heterocycles. The minimum absolute atomic E-state index is 0.199. The van der Waals surface area contributed by atoms with Crippen LogP contribution in [0.3, 0.4) is 0 Å². The smallest absolute Gasteiger partial charge is 0.138 e. The minimum Gasteiger partial charge on any atom is -0.382 e. The Hall–Kier alpha value is -1.57. The second-order valence-corrected chi connectivity index (χ2v) is 5.81. The summed E-state index contributed by atoms with van der Waals surface area (Å²) in [4.78, 5) is 11.9. The molecule has 2 nitrogen and oxygen atoms in total. The first kappa shape index (κ1) is 13.9. The van der Waals surface area contributed by atoms with Crippen LogP contribution in [0.1, 0.15) is 37.8 Å². The fourth-order valence-corrected chi connectivity index (χ4v) is 2.83. The molecule has 2 heteroatoms. The highest BCUT2D eigenvalue weighted by Gasteiger charge is 2.31. The van der Waals surface area contributed by atoms with E-state index in [2.05, 4.69) is 37.9 Å². The SMILES string of the molecule is C=C(NC1CC(=O)C(C)C(C)C1)c1ccccc1C. The molecule has 1 N–H and O–H groups in total. The van der Waals surface area contributed by atoms with E-state index in [1.807, 2.05) is 19.1 Å². The number of hydrogen-bond donors (Lipinski definition) is 1. The maximum Gasteiger partial charge on any atom is 0.138 e. The maximum absolute atomic E-state index is 11.9. The van der Waals surface area contributed by atoms with Gasteiger partial charge in [0.2, 0.25) is 0 Å². The van der Waals surface area contributed by atoms with Crippen molar-refractivity contribution in [2.75, 3.05) is 0 Å². The summed E-state index contributed by atoms with van der Waals surface area (Å²) >= 11 is 0. The number of rotatable bonds is 3. The van der Waals surface area contributed by atoms with Crippen molar-refractivity contribution < 1.29 is 4.79 Å². The third-order valence-electron chi connectivity index (χ3n) is 4.31. The molecule has 0 bridgehead atoms. The van der Waals surface area contributed by atoms with E-state index in [0.717, 1.165) is 17.7 Å². The van der Waals surface area contributed by atoms with Crippen LogP contribution in [0.25, 0.3) is 5.70 Å². The Morgan fingerprint density at radius 1 is 1.32 bits per heavy atom. The standard InChI is InChI=1S/C17H23NO/c1-11-7-5-6-8-16(11)14(4)18-15-9-12(2)13(3)17(19)10-15/h5-8,12-13,15,18H,4,9-10H2,1-3H3. The summed E-state index contributed by atoms with van der Waals surface area (Å²) in [6.45, 7) is 10.4. The van der Waals surface area contributed by atoms with Gasteiger partial charge in [0.15, 0.2) is 0 Å². The molecule has 0 amide bonds. The summed E-state index contributed by atoms with van der Waals surface area (Å²) in [7, 11) is 0. The number of benzene rings is 1. The number of hydrogen-bond acceptors (Lipinski definition) is 2. The van der Waals surface area contributed by atoms with Crippen LogP contribution in [0, 0.1) is 18.8 Å². The van der Waals surface area contributed by atoms with Gasteiger partial charge in [-0.2, -0.15) is 0 Å². The zero-order valence-electron chi connectivity index (χ0n) is 12.1. The first-order valence-electron chi connectivity index (χ1n) is 7.03. The van der Waals surface area contributed by atoms with Crippen molar-refractivity contribution in [3.8, 4) is 0 Å². The summed E-state index contributed by atoms with van der Waals surface area (Å²) in [6, 6.07) is 8.43. The molecule has 1 saturated carbocycles. The molecular weight excluding hydrogens is 234 g/mol. The lowest BCUT2D eigenvalue weighted by atomic mass is 9.78. The van der Waals surface area contributed by atoms with Crippen LogP contribution < -0.4 is 5.32 Å². The quantitative estimate of drug-likeness (QED) is 0.897. The second kappa shape index (κ2) is 5.60. The highest BCUT2D eigenvalue weighted by molar-refractivity contribution is 5.82. The van der Waals surface area contributed by atoms with Crippen molar-refractivity contribution in [3.05, 3.63) is 42.0 Å². The van der Waals surface area contributed by atoms with Crippen LogP contribution in [0.2, 0.25) is 0 Å². The summed E-state index contributed by atoms with van der Waals surface area (Å²) in [5, 5.41) is 3.44. The van der Waals surface area contributed by atoms with Crippen molar-refractivity contribution in [3.63, 3.8) is 0 Å². The van der Waals surface area contributed by atoms with E-state index in [1.54, 1.807) is 0 Å². The van der Waals surface area contributed by atoms with Crippen LogP contribution in [-0.4, -0.2) is 11.8 Å². The molecule has 2 rings (SSSR count). The molecule has 0 heterocycles. The van der Waals surface area contributed by atoms with Gasteiger partial charge in [-0.25, -0.2) is 0 Å². The summed E-state index contributed by atoms with van der Waals surface area (Å²) < 4.78 is 0. The number of ketones is 1. The number of aryl methyl sites for hydroxylation is 1. The Bertz CT molecular complexity index is 492. The van der Waals surface area contributed by atoms with Crippen LogP contribution >= 0.6 is 0 Å². The number of carbonyl (C=O) groups is 1. The van der Waals surface area contributed by atoms with Crippen LogP contribution in [0.15, 0.2) is 30.8 Å². The van der Waals surface area contributed by atoms with Crippen LogP contribution in [-0.2, 0) is 4.79 Å². The van der Waals surface area contributed by atoms with Gasteiger partial charge in [0, 0.05) is 24.1 Å². The van der Waals surface area contributed by atoms with Crippen molar-refractivity contribution in [2.24, 2.45) is 11.8 Å². The van der Waals surface area contributed by atoms with Crippen LogP contribution in [0.4, 0.5) is 0 Å². The van der Waals surface area contributed by atoms with E-state index in [9.17, 15) is 4.79 Å². The van der Waals surface area contributed by atoms with Gasteiger partial charge in [-0.3, -0.25) is 4.79 Å². The van der Waals surface area contributed by atoms with Gasteiger partial charge in [-0.05, 0) is 30.4 Å². The molecule has 3 atom stereocenters. The van der Waals surface area contributed by atoms with Gasteiger partial charge in [-0.15, -0.1) is 0 Å². The van der Waals surface area contributed by atoms with Crippen molar-refractivity contribution in [1.82, 2.24) is 5.32 Å². The fourth-order valence-electron chi connectivity index (χ4n) is 2.83. The number of carbonyl (C=O) groups excluding carboxylic acids is 1. The Balaban J connectivity index is 2.04. The van der Waals surface area contributed by atoms with Crippen molar-refractivity contribution in [1.29, 1.82) is 0 Å². The highest BCUT2D eigenvalue weighted by Crippen LogP contribution is 2.28. The van der Waals surface area contributed by atoms with Gasteiger partial charge in [0.25, 0.3) is 0 Å². The molecule has 102 valence electrons. The van der Waals surface area contributed by atoms with Gasteiger partial charge in [-0.1, -0.05) is 44.7 Å². The predicted molar refractivity (Wildman–Crippen MR) is 79.7 cm³/mol. The molecular formula is C17H23NO. The zero-order chi connectivity index (χ0) is 14.0. The molecule has 0 radical (unpaired) electrons. The molecule has 19 heavy (non-hydrogen) atoms. The lowest BCUT2D eigenvalue weighted by molar-refractivity contribution is -0.126. The lowest BCUT2D eigenvalue weighted by Gasteiger charge is -2.32. The third-order valence-corrected chi connectivity index (χ3v) is 4.31. The molecule has 1 aromatic rings. The van der Waals surface area contributed by atoms with Gasteiger partial charge in [0.05, 0.1) is 0 Å². The molecule has 0 spiro atoms. The molecule has 1 aliphatic carbocycles. The Kier molecular flexibility index (Phi) is 4.08. The summed E-state index contributed by atoms with van der Waals surface area (Å²) in [5.41, 5.74) is 3.28. The predicted octanol–water partition coefficient (Wildman–Crippen LogP) is 3.56. The zero-order valence-corrected chi connectivity index (χ0v) is 12.1. The second-order valence-electron chi connectivity index (χ2n) is 5.81. The van der Waals surface area contributed by atoms with E-state index in [-0.39, 0.29) is 12.0 Å². The molecule has 1 fully saturated rings. The summed E-state index contributed by atoms with van der Waals surface area (Å²) in [6.07, 6.45) is 1.66. The number of Topliss-reactive ketones (excluding diaryl/α,β-unsaturated/α-hetero) is 1. The van der Waals surface area contributed by atoms with E-state index in [1.165, 1.54) is 5.56 Å². The monoisotopic (exact) mass is 257 g/mol. The Morgan fingerprint density at radius 3 is 2.63 bits per heavy atom.